The zero-order valence-electron chi connectivity index (χ0n) is 11.2. The standard InChI is InChI=1S/C15H22N2S/c1-12-8-6-7-11-17(12)15(18)16-13(2)14-9-4-3-5-10-14/h3-5,9-10,12-13H,6-8,11H2,1-2H3,(H,16,18). The Hall–Kier alpha value is -1.09. The lowest BCUT2D eigenvalue weighted by molar-refractivity contribution is 0.253. The van der Waals surface area contributed by atoms with Crippen molar-refractivity contribution < 1.29 is 0 Å². The topological polar surface area (TPSA) is 15.3 Å². The summed E-state index contributed by atoms with van der Waals surface area (Å²) >= 11 is 5.54. The number of nitrogens with zero attached hydrogens (tertiary/aromatic N) is 1. The van der Waals surface area contributed by atoms with Crippen LogP contribution in [0.3, 0.4) is 0 Å². The molecule has 98 valence electrons. The Labute approximate surface area is 115 Å². The van der Waals surface area contributed by atoms with Crippen LogP contribution < -0.4 is 5.32 Å². The molecule has 2 atom stereocenters. The highest BCUT2D eigenvalue weighted by molar-refractivity contribution is 7.80. The van der Waals surface area contributed by atoms with Gasteiger partial charge in [-0.25, -0.2) is 0 Å². The summed E-state index contributed by atoms with van der Waals surface area (Å²) < 4.78 is 0. The molecule has 1 heterocycles. The molecule has 1 aliphatic heterocycles. The molecule has 2 rings (SSSR count). The maximum atomic E-state index is 5.54. The van der Waals surface area contributed by atoms with E-state index in [1.807, 2.05) is 6.07 Å². The third-order valence-corrected chi connectivity index (χ3v) is 4.06. The van der Waals surface area contributed by atoms with Gasteiger partial charge in [-0.2, -0.15) is 0 Å². The van der Waals surface area contributed by atoms with Crippen LogP contribution in [0.25, 0.3) is 0 Å². The third kappa shape index (κ3) is 3.22. The van der Waals surface area contributed by atoms with E-state index in [-0.39, 0.29) is 6.04 Å². The molecule has 1 aliphatic rings. The van der Waals surface area contributed by atoms with Crippen LogP contribution in [0.5, 0.6) is 0 Å². The van der Waals surface area contributed by atoms with Gasteiger partial charge in [0.05, 0.1) is 6.04 Å². The van der Waals surface area contributed by atoms with Crippen LogP contribution in [-0.4, -0.2) is 22.6 Å². The highest BCUT2D eigenvalue weighted by Crippen LogP contribution is 2.18. The highest BCUT2D eigenvalue weighted by Gasteiger charge is 2.21. The molecule has 0 saturated carbocycles. The average Bonchev–Trinajstić information content (AvgIpc) is 2.40. The SMILES string of the molecule is CC(NC(=S)N1CCCCC1C)c1ccccc1. The predicted octanol–water partition coefficient (Wildman–Crippen LogP) is 3.50. The van der Waals surface area contributed by atoms with E-state index in [1.54, 1.807) is 0 Å². The maximum absolute atomic E-state index is 5.54. The summed E-state index contributed by atoms with van der Waals surface area (Å²) in [6.45, 7) is 5.52. The van der Waals surface area contributed by atoms with Gasteiger partial charge in [-0.05, 0) is 50.9 Å². The molecule has 1 aromatic rings. The monoisotopic (exact) mass is 262 g/mol. The van der Waals surface area contributed by atoms with Gasteiger partial charge in [0.2, 0.25) is 0 Å². The molecular weight excluding hydrogens is 240 g/mol. The normalized spacial score (nSPS) is 21.4. The highest BCUT2D eigenvalue weighted by atomic mass is 32.1. The summed E-state index contributed by atoms with van der Waals surface area (Å²) in [5.74, 6) is 0. The van der Waals surface area contributed by atoms with E-state index in [1.165, 1.54) is 24.8 Å². The molecule has 1 fully saturated rings. The van der Waals surface area contributed by atoms with Gasteiger partial charge >= 0.3 is 0 Å². The fourth-order valence-corrected chi connectivity index (χ4v) is 2.94. The minimum absolute atomic E-state index is 0.271. The second-order valence-electron chi connectivity index (χ2n) is 5.12. The largest absolute Gasteiger partial charge is 0.356 e. The predicted molar refractivity (Wildman–Crippen MR) is 80.6 cm³/mol. The van der Waals surface area contributed by atoms with Crippen molar-refractivity contribution in [2.75, 3.05) is 6.54 Å². The Kier molecular flexibility index (Phi) is 4.59. The fourth-order valence-electron chi connectivity index (χ4n) is 2.49. The summed E-state index contributed by atoms with van der Waals surface area (Å²) in [5, 5.41) is 4.36. The first-order valence-corrected chi connectivity index (χ1v) is 7.21. The minimum atomic E-state index is 0.271. The number of thiocarbonyl (C=S) groups is 1. The number of nitrogens with one attached hydrogen (secondary N) is 1. The van der Waals surface area contributed by atoms with E-state index in [2.05, 4.69) is 48.3 Å². The van der Waals surface area contributed by atoms with Gasteiger partial charge in [-0.15, -0.1) is 0 Å². The first kappa shape index (κ1) is 13.3. The second kappa shape index (κ2) is 6.19. The molecule has 1 N–H and O–H groups in total. The molecule has 0 aromatic heterocycles. The Morgan fingerprint density at radius 3 is 2.72 bits per heavy atom. The van der Waals surface area contributed by atoms with Gasteiger partial charge < -0.3 is 10.2 Å². The Morgan fingerprint density at radius 2 is 2.06 bits per heavy atom. The Balaban J connectivity index is 1.94. The molecule has 1 aromatic carbocycles. The van der Waals surface area contributed by atoms with E-state index in [9.17, 15) is 0 Å². The second-order valence-corrected chi connectivity index (χ2v) is 5.51. The molecule has 18 heavy (non-hydrogen) atoms. The number of rotatable bonds is 2. The zero-order chi connectivity index (χ0) is 13.0. The van der Waals surface area contributed by atoms with Gasteiger partial charge in [0.25, 0.3) is 0 Å². The van der Waals surface area contributed by atoms with Crippen LogP contribution >= 0.6 is 12.2 Å². The lowest BCUT2D eigenvalue weighted by Crippen LogP contribution is -2.47. The molecule has 0 radical (unpaired) electrons. The average molecular weight is 262 g/mol. The van der Waals surface area contributed by atoms with E-state index in [4.69, 9.17) is 12.2 Å². The van der Waals surface area contributed by atoms with Gasteiger partial charge in [0, 0.05) is 12.6 Å². The summed E-state index contributed by atoms with van der Waals surface area (Å²) in [6.07, 6.45) is 3.84. The summed E-state index contributed by atoms with van der Waals surface area (Å²) in [4.78, 5) is 2.33. The van der Waals surface area contributed by atoms with Crippen molar-refractivity contribution in [1.82, 2.24) is 10.2 Å². The Morgan fingerprint density at radius 1 is 1.33 bits per heavy atom. The first-order valence-electron chi connectivity index (χ1n) is 6.80. The molecular formula is C15H22N2S. The zero-order valence-corrected chi connectivity index (χ0v) is 12.0. The number of hydrogen-bond acceptors (Lipinski definition) is 1. The van der Waals surface area contributed by atoms with Crippen molar-refractivity contribution in [2.24, 2.45) is 0 Å². The number of piperidine rings is 1. The maximum Gasteiger partial charge on any atom is 0.169 e. The molecule has 1 saturated heterocycles. The van der Waals surface area contributed by atoms with E-state index >= 15 is 0 Å². The molecule has 2 nitrogen and oxygen atoms in total. The summed E-state index contributed by atoms with van der Waals surface area (Å²) in [7, 11) is 0. The molecule has 2 unspecified atom stereocenters. The molecule has 0 bridgehead atoms. The van der Waals surface area contributed by atoms with Crippen LogP contribution in [0, 0.1) is 0 Å². The molecule has 0 spiro atoms. The number of likely N-dealkylation sites (tertiary alicyclic amines) is 1. The fraction of sp³-hybridized carbons (Fsp3) is 0.533. The van der Waals surface area contributed by atoms with Crippen molar-refractivity contribution in [3.05, 3.63) is 35.9 Å². The van der Waals surface area contributed by atoms with Gasteiger partial charge in [-0.3, -0.25) is 0 Å². The van der Waals surface area contributed by atoms with Crippen LogP contribution in [0.4, 0.5) is 0 Å². The third-order valence-electron chi connectivity index (χ3n) is 3.70. The number of hydrogen-bond donors (Lipinski definition) is 1. The smallest absolute Gasteiger partial charge is 0.169 e. The molecule has 3 heteroatoms. The lowest BCUT2D eigenvalue weighted by Gasteiger charge is -2.36. The molecule has 0 aliphatic carbocycles. The first-order chi connectivity index (χ1) is 8.68. The van der Waals surface area contributed by atoms with E-state index in [0.717, 1.165) is 11.7 Å². The van der Waals surface area contributed by atoms with Gasteiger partial charge in [0.15, 0.2) is 5.11 Å². The van der Waals surface area contributed by atoms with Crippen molar-refractivity contribution in [1.29, 1.82) is 0 Å². The minimum Gasteiger partial charge on any atom is -0.356 e. The Bertz CT molecular complexity index is 391. The lowest BCUT2D eigenvalue weighted by atomic mass is 10.0. The van der Waals surface area contributed by atoms with Crippen molar-refractivity contribution >= 4 is 17.3 Å². The van der Waals surface area contributed by atoms with Crippen LogP contribution in [0.1, 0.15) is 44.7 Å². The van der Waals surface area contributed by atoms with Crippen LogP contribution in [-0.2, 0) is 0 Å². The summed E-state index contributed by atoms with van der Waals surface area (Å²) in [5.41, 5.74) is 1.28. The van der Waals surface area contributed by atoms with Gasteiger partial charge in [-0.1, -0.05) is 30.3 Å². The van der Waals surface area contributed by atoms with Crippen LogP contribution in [0.15, 0.2) is 30.3 Å². The van der Waals surface area contributed by atoms with Crippen molar-refractivity contribution in [2.45, 2.75) is 45.2 Å². The quantitative estimate of drug-likeness (QED) is 0.821. The number of benzene rings is 1. The van der Waals surface area contributed by atoms with Gasteiger partial charge in [0.1, 0.15) is 0 Å². The van der Waals surface area contributed by atoms with E-state index in [0.29, 0.717) is 6.04 Å². The van der Waals surface area contributed by atoms with E-state index < -0.39 is 0 Å². The van der Waals surface area contributed by atoms with Crippen molar-refractivity contribution in [3.63, 3.8) is 0 Å². The van der Waals surface area contributed by atoms with Crippen molar-refractivity contribution in [3.8, 4) is 0 Å². The van der Waals surface area contributed by atoms with Crippen LogP contribution in [0.2, 0.25) is 0 Å². The summed E-state index contributed by atoms with van der Waals surface area (Å²) in [6, 6.07) is 11.3. The molecule has 0 amide bonds.